The molecule has 5 aromatic rings. The van der Waals surface area contributed by atoms with Gasteiger partial charge in [-0.25, -0.2) is 0 Å². The van der Waals surface area contributed by atoms with Gasteiger partial charge in [-0.3, -0.25) is 0 Å². The minimum Gasteiger partial charge on any atom is -0.493 e. The maximum absolute atomic E-state index is 5.49. The van der Waals surface area contributed by atoms with Gasteiger partial charge in [-0.2, -0.15) is 0 Å². The maximum Gasteiger partial charge on any atom is 0.161 e. The molecule has 0 bridgehead atoms. The maximum atomic E-state index is 5.49. The van der Waals surface area contributed by atoms with E-state index in [0.717, 1.165) is 30.3 Å². The molecule has 0 N–H and O–H groups in total. The van der Waals surface area contributed by atoms with Crippen LogP contribution in [0.3, 0.4) is 0 Å². The van der Waals surface area contributed by atoms with Crippen LogP contribution in [0.2, 0.25) is 0 Å². The molecule has 0 amide bonds. The summed E-state index contributed by atoms with van der Waals surface area (Å²) in [5, 5.41) is 0. The summed E-state index contributed by atoms with van der Waals surface area (Å²) in [6.07, 6.45) is 1.08. The van der Waals surface area contributed by atoms with Crippen molar-refractivity contribution >= 4 is 0 Å². The summed E-state index contributed by atoms with van der Waals surface area (Å²) in [5.74, 6) is 5.24. The summed E-state index contributed by atoms with van der Waals surface area (Å²) in [4.78, 5) is 0. The SMILES string of the molecule is CC(C)c1ccc2c(c1)OCC2.CC(C)c1ccc2c(c1)OCCO2.Cc1cc(C(C)C)ccc1-c1ccccc1.Cc1ccc(C(C)C)cc1C. The fourth-order valence-electron chi connectivity index (χ4n) is 6.07. The first kappa shape index (κ1) is 40.3. The van der Waals surface area contributed by atoms with Crippen LogP contribution in [0, 0.1) is 20.8 Å². The first-order valence-corrected chi connectivity index (χ1v) is 19.2. The number of aryl methyl sites for hydroxylation is 3. The van der Waals surface area contributed by atoms with Gasteiger partial charge < -0.3 is 14.2 Å². The lowest BCUT2D eigenvalue weighted by Gasteiger charge is -2.19. The fraction of sp³-hybridized carbons (Fsp3) is 0.388. The Balaban J connectivity index is 0.000000157. The molecule has 0 fully saturated rings. The van der Waals surface area contributed by atoms with Gasteiger partial charge in [0.25, 0.3) is 0 Å². The van der Waals surface area contributed by atoms with Crippen LogP contribution >= 0.6 is 0 Å². The summed E-state index contributed by atoms with van der Waals surface area (Å²) in [6, 6.07) is 36.8. The van der Waals surface area contributed by atoms with Crippen LogP contribution in [-0.2, 0) is 6.42 Å². The molecule has 276 valence electrons. The Morgan fingerprint density at radius 1 is 0.404 bits per heavy atom. The lowest BCUT2D eigenvalue weighted by molar-refractivity contribution is 0.171. The third-order valence-corrected chi connectivity index (χ3v) is 9.82. The Kier molecular flexibility index (Phi) is 15.0. The molecule has 0 aromatic heterocycles. The van der Waals surface area contributed by atoms with Crippen LogP contribution in [0.4, 0.5) is 0 Å². The van der Waals surface area contributed by atoms with Crippen molar-refractivity contribution in [1.29, 1.82) is 0 Å². The van der Waals surface area contributed by atoms with Gasteiger partial charge in [0.15, 0.2) is 11.5 Å². The molecule has 0 atom stereocenters. The summed E-state index contributed by atoms with van der Waals surface area (Å²) < 4.78 is 16.4. The van der Waals surface area contributed by atoms with Gasteiger partial charge in [0.1, 0.15) is 19.0 Å². The van der Waals surface area contributed by atoms with Crippen LogP contribution in [0.25, 0.3) is 11.1 Å². The van der Waals surface area contributed by atoms with E-state index in [1.165, 1.54) is 55.6 Å². The topological polar surface area (TPSA) is 27.7 Å². The molecule has 7 rings (SSSR count). The van der Waals surface area contributed by atoms with Gasteiger partial charge in [-0.05, 0) is 118 Å². The Hall–Kier alpha value is -4.50. The predicted molar refractivity (Wildman–Crippen MR) is 222 cm³/mol. The summed E-state index contributed by atoms with van der Waals surface area (Å²) in [6.45, 7) is 26.4. The third kappa shape index (κ3) is 11.5. The minimum atomic E-state index is 0.538. The van der Waals surface area contributed by atoms with Crippen LogP contribution in [0.5, 0.6) is 17.2 Å². The highest BCUT2D eigenvalue weighted by molar-refractivity contribution is 5.67. The van der Waals surface area contributed by atoms with Gasteiger partial charge in [-0.1, -0.05) is 140 Å². The molecule has 52 heavy (non-hydrogen) atoms. The Labute approximate surface area is 315 Å². The molecule has 0 saturated heterocycles. The second kappa shape index (κ2) is 19.4. The molecule has 0 aliphatic carbocycles. The fourth-order valence-corrected chi connectivity index (χ4v) is 6.07. The Morgan fingerprint density at radius 2 is 0.885 bits per heavy atom. The third-order valence-electron chi connectivity index (χ3n) is 9.82. The number of ether oxygens (including phenoxy) is 3. The first-order valence-electron chi connectivity index (χ1n) is 19.2. The zero-order chi connectivity index (χ0) is 37.8. The van der Waals surface area contributed by atoms with Gasteiger partial charge in [-0.15, -0.1) is 0 Å². The van der Waals surface area contributed by atoms with Gasteiger partial charge in [0, 0.05) is 6.42 Å². The normalized spacial score (nSPS) is 12.6. The van der Waals surface area contributed by atoms with Crippen LogP contribution < -0.4 is 14.2 Å². The minimum absolute atomic E-state index is 0.538. The molecular formula is C49H62O3. The molecule has 2 aliphatic heterocycles. The first-order chi connectivity index (χ1) is 24.8. The van der Waals surface area contributed by atoms with E-state index in [4.69, 9.17) is 14.2 Å². The number of fused-ring (bicyclic) bond motifs is 2. The molecule has 3 nitrogen and oxygen atoms in total. The second-order valence-electron chi connectivity index (χ2n) is 15.3. The smallest absolute Gasteiger partial charge is 0.161 e. The highest BCUT2D eigenvalue weighted by Crippen LogP contribution is 2.33. The van der Waals surface area contributed by atoms with Crippen LogP contribution in [0.1, 0.15) is 124 Å². The van der Waals surface area contributed by atoms with Crippen molar-refractivity contribution in [2.45, 2.75) is 106 Å². The van der Waals surface area contributed by atoms with Crippen molar-refractivity contribution in [2.75, 3.05) is 19.8 Å². The van der Waals surface area contributed by atoms with Crippen molar-refractivity contribution in [3.8, 4) is 28.4 Å². The van der Waals surface area contributed by atoms with Crippen molar-refractivity contribution in [3.63, 3.8) is 0 Å². The van der Waals surface area contributed by atoms with Crippen LogP contribution in [0.15, 0.2) is 103 Å². The van der Waals surface area contributed by atoms with Gasteiger partial charge in [0.2, 0.25) is 0 Å². The molecule has 0 saturated carbocycles. The molecule has 0 unspecified atom stereocenters. The van der Waals surface area contributed by atoms with E-state index in [2.05, 4.69) is 173 Å². The van der Waals surface area contributed by atoms with E-state index in [1.54, 1.807) is 0 Å². The number of rotatable bonds is 5. The summed E-state index contributed by atoms with van der Waals surface area (Å²) in [5.41, 5.74) is 13.7. The molecule has 5 aromatic carbocycles. The number of hydrogen-bond acceptors (Lipinski definition) is 3. The highest BCUT2D eigenvalue weighted by Gasteiger charge is 2.14. The molecule has 0 spiro atoms. The molecule has 3 heteroatoms. The van der Waals surface area contributed by atoms with E-state index in [0.29, 0.717) is 36.9 Å². The lowest BCUT2D eigenvalue weighted by atomic mass is 9.94. The van der Waals surface area contributed by atoms with Gasteiger partial charge in [0.05, 0.1) is 6.61 Å². The number of benzene rings is 5. The molecular weight excluding hydrogens is 637 g/mol. The summed E-state index contributed by atoms with van der Waals surface area (Å²) >= 11 is 0. The van der Waals surface area contributed by atoms with E-state index in [9.17, 15) is 0 Å². The quantitative estimate of drug-likeness (QED) is 0.183. The largest absolute Gasteiger partial charge is 0.493 e. The lowest BCUT2D eigenvalue weighted by Crippen LogP contribution is -2.15. The van der Waals surface area contributed by atoms with Crippen LogP contribution in [-0.4, -0.2) is 19.8 Å². The Morgan fingerprint density at radius 3 is 1.46 bits per heavy atom. The Bertz CT molecular complexity index is 1850. The van der Waals surface area contributed by atoms with Gasteiger partial charge >= 0.3 is 0 Å². The molecule has 2 aliphatic rings. The van der Waals surface area contributed by atoms with Crippen molar-refractivity contribution in [1.82, 2.24) is 0 Å². The van der Waals surface area contributed by atoms with E-state index in [-0.39, 0.29) is 0 Å². The highest BCUT2D eigenvalue weighted by atomic mass is 16.6. The number of hydrogen-bond donors (Lipinski definition) is 0. The summed E-state index contributed by atoms with van der Waals surface area (Å²) in [7, 11) is 0. The second-order valence-corrected chi connectivity index (χ2v) is 15.3. The van der Waals surface area contributed by atoms with Crippen molar-refractivity contribution in [2.24, 2.45) is 0 Å². The van der Waals surface area contributed by atoms with Crippen molar-refractivity contribution < 1.29 is 14.2 Å². The van der Waals surface area contributed by atoms with E-state index >= 15 is 0 Å². The standard InChI is InChI=1S/C16H18.C11H14O2.C11H14O.C11H16/c1-12(2)15-9-10-16(13(3)11-15)14-7-5-4-6-8-14;1-8(2)9-3-4-10-11(7-9)13-6-5-12-10;1-8(2)10-4-3-9-5-6-12-11(9)7-10;1-8(2)11-6-5-9(3)10(4)7-11/h4-12H,1-3H3;3-4,7-8H,5-6H2,1-2H3;3-4,7-8H,5-6H2,1-2H3;5-8H,1-4H3. The van der Waals surface area contributed by atoms with E-state index in [1.807, 2.05) is 6.07 Å². The molecule has 2 heterocycles. The zero-order valence-corrected chi connectivity index (χ0v) is 33.7. The predicted octanol–water partition coefficient (Wildman–Crippen LogP) is 13.5. The average Bonchev–Trinajstić information content (AvgIpc) is 3.62. The monoisotopic (exact) mass is 698 g/mol. The molecule has 0 radical (unpaired) electrons. The van der Waals surface area contributed by atoms with Crippen molar-refractivity contribution in [3.05, 3.63) is 148 Å². The van der Waals surface area contributed by atoms with E-state index < -0.39 is 0 Å². The average molecular weight is 699 g/mol. The zero-order valence-electron chi connectivity index (χ0n) is 33.7.